The number of hydrogen-bond donors (Lipinski definition) is 2. The number of hydrogen-bond acceptors (Lipinski definition) is 6. The van der Waals surface area contributed by atoms with Gasteiger partial charge in [0.2, 0.25) is 0 Å². The van der Waals surface area contributed by atoms with Crippen LogP contribution in [0, 0.1) is 5.92 Å². The van der Waals surface area contributed by atoms with E-state index < -0.39 is 16.1 Å². The summed E-state index contributed by atoms with van der Waals surface area (Å²) in [5, 5.41) is 4.79. The SMILES string of the molecule is CC[C@H](C)[C@H](Nc1ccc(NS(=O)(=O)c2ccc(OC)cc2)c2ccccc12)C(=O)OC. The highest BCUT2D eigenvalue weighted by Crippen LogP contribution is 2.33. The normalized spacial score (nSPS) is 13.2. The summed E-state index contributed by atoms with van der Waals surface area (Å²) < 4.78 is 38.6. The van der Waals surface area contributed by atoms with Gasteiger partial charge in [0, 0.05) is 16.5 Å². The second kappa shape index (κ2) is 9.91. The molecule has 170 valence electrons. The molecule has 0 unspecified atom stereocenters. The fraction of sp³-hybridized carbons (Fsp3) is 0.292. The van der Waals surface area contributed by atoms with E-state index in [0.717, 1.165) is 17.5 Å². The van der Waals surface area contributed by atoms with Crippen LogP contribution >= 0.6 is 0 Å². The molecular weight excluding hydrogens is 428 g/mol. The molecule has 0 heterocycles. The highest BCUT2D eigenvalue weighted by Gasteiger charge is 2.25. The van der Waals surface area contributed by atoms with Gasteiger partial charge in [-0.2, -0.15) is 0 Å². The summed E-state index contributed by atoms with van der Waals surface area (Å²) in [6, 6.07) is 16.5. The van der Waals surface area contributed by atoms with E-state index in [1.54, 1.807) is 24.3 Å². The summed E-state index contributed by atoms with van der Waals surface area (Å²) in [5.74, 6) is 0.286. The molecule has 3 aromatic carbocycles. The summed E-state index contributed by atoms with van der Waals surface area (Å²) in [4.78, 5) is 12.5. The Bertz CT molecular complexity index is 1190. The molecule has 0 radical (unpaired) electrons. The number of nitrogens with one attached hydrogen (secondary N) is 2. The average molecular weight is 457 g/mol. The molecule has 8 heteroatoms. The van der Waals surface area contributed by atoms with E-state index in [9.17, 15) is 13.2 Å². The van der Waals surface area contributed by atoms with Crippen LogP contribution in [0.3, 0.4) is 0 Å². The van der Waals surface area contributed by atoms with Crippen molar-refractivity contribution in [1.29, 1.82) is 0 Å². The number of sulfonamides is 1. The van der Waals surface area contributed by atoms with E-state index in [1.807, 2.05) is 38.1 Å². The fourth-order valence-electron chi connectivity index (χ4n) is 3.44. The van der Waals surface area contributed by atoms with E-state index in [4.69, 9.17) is 9.47 Å². The molecule has 0 aliphatic heterocycles. The molecule has 0 fully saturated rings. The predicted molar refractivity (Wildman–Crippen MR) is 127 cm³/mol. The van der Waals surface area contributed by atoms with Crippen LogP contribution in [0.25, 0.3) is 10.8 Å². The first kappa shape index (κ1) is 23.4. The Hall–Kier alpha value is -3.26. The van der Waals surface area contributed by atoms with Crippen molar-refractivity contribution in [3.05, 3.63) is 60.7 Å². The molecule has 3 aromatic rings. The third-order valence-corrected chi connectivity index (χ3v) is 6.90. The van der Waals surface area contributed by atoms with Crippen molar-refractivity contribution in [3.8, 4) is 5.75 Å². The van der Waals surface area contributed by atoms with Gasteiger partial charge in [0.15, 0.2) is 0 Å². The van der Waals surface area contributed by atoms with Crippen molar-refractivity contribution in [2.24, 2.45) is 5.92 Å². The van der Waals surface area contributed by atoms with Crippen LogP contribution in [0.4, 0.5) is 11.4 Å². The molecule has 0 spiro atoms. The molecule has 32 heavy (non-hydrogen) atoms. The number of esters is 1. The molecule has 2 N–H and O–H groups in total. The summed E-state index contributed by atoms with van der Waals surface area (Å²) in [5.41, 5.74) is 1.17. The standard InChI is InChI=1S/C24H28N2O5S/c1-5-16(2)23(24(27)31-4)25-21-14-15-22(20-9-7-6-8-19(20)21)26-32(28,29)18-12-10-17(30-3)11-13-18/h6-16,23,25-26H,5H2,1-4H3/t16-,23-/m0/s1. The first-order valence-corrected chi connectivity index (χ1v) is 11.8. The van der Waals surface area contributed by atoms with Crippen LogP contribution in [0.15, 0.2) is 65.6 Å². The Kier molecular flexibility index (Phi) is 7.25. The fourth-order valence-corrected chi connectivity index (χ4v) is 4.52. The summed E-state index contributed by atoms with van der Waals surface area (Å²) in [7, 11) is -0.908. The van der Waals surface area contributed by atoms with Crippen molar-refractivity contribution in [3.63, 3.8) is 0 Å². The van der Waals surface area contributed by atoms with E-state index in [2.05, 4.69) is 10.0 Å². The van der Waals surface area contributed by atoms with E-state index >= 15 is 0 Å². The number of carbonyl (C=O) groups excluding carboxylic acids is 1. The summed E-state index contributed by atoms with van der Waals surface area (Å²) in [6.07, 6.45) is 0.796. The Labute approximate surface area is 188 Å². The first-order chi connectivity index (χ1) is 15.3. The van der Waals surface area contributed by atoms with E-state index in [1.165, 1.54) is 26.4 Å². The van der Waals surface area contributed by atoms with Crippen LogP contribution in [-0.2, 0) is 19.6 Å². The maximum atomic E-state index is 12.9. The van der Waals surface area contributed by atoms with Crippen LogP contribution in [-0.4, -0.2) is 34.6 Å². The summed E-state index contributed by atoms with van der Waals surface area (Å²) in [6.45, 7) is 3.99. The number of carbonyl (C=O) groups is 1. The number of ether oxygens (including phenoxy) is 2. The van der Waals surface area contributed by atoms with Crippen LogP contribution < -0.4 is 14.8 Å². The first-order valence-electron chi connectivity index (χ1n) is 10.3. The van der Waals surface area contributed by atoms with Gasteiger partial charge in [0.05, 0.1) is 24.8 Å². The maximum Gasteiger partial charge on any atom is 0.328 e. The highest BCUT2D eigenvalue weighted by atomic mass is 32.2. The van der Waals surface area contributed by atoms with Gasteiger partial charge in [-0.15, -0.1) is 0 Å². The van der Waals surface area contributed by atoms with Crippen molar-refractivity contribution < 1.29 is 22.7 Å². The number of fused-ring (bicyclic) bond motifs is 1. The van der Waals surface area contributed by atoms with Crippen LogP contribution in [0.1, 0.15) is 20.3 Å². The highest BCUT2D eigenvalue weighted by molar-refractivity contribution is 7.92. The lowest BCUT2D eigenvalue weighted by Crippen LogP contribution is -2.36. The molecule has 0 aliphatic rings. The van der Waals surface area contributed by atoms with Crippen LogP contribution in [0.2, 0.25) is 0 Å². The van der Waals surface area contributed by atoms with Gasteiger partial charge in [-0.3, -0.25) is 4.72 Å². The molecule has 3 rings (SSSR count). The van der Waals surface area contributed by atoms with Gasteiger partial charge >= 0.3 is 5.97 Å². The van der Waals surface area contributed by atoms with Gasteiger partial charge < -0.3 is 14.8 Å². The van der Waals surface area contributed by atoms with Crippen molar-refractivity contribution >= 4 is 38.1 Å². The molecule has 0 amide bonds. The number of rotatable bonds is 9. The predicted octanol–water partition coefficient (Wildman–Crippen LogP) is 4.65. The molecule has 0 aliphatic carbocycles. The maximum absolute atomic E-state index is 12.9. The molecular formula is C24H28N2O5S. The molecule has 0 saturated heterocycles. The second-order valence-electron chi connectivity index (χ2n) is 7.52. The molecule has 0 aromatic heterocycles. The van der Waals surface area contributed by atoms with Crippen molar-refractivity contribution in [1.82, 2.24) is 0 Å². The average Bonchev–Trinajstić information content (AvgIpc) is 2.82. The Balaban J connectivity index is 1.98. The quantitative estimate of drug-likeness (QED) is 0.455. The third-order valence-electron chi connectivity index (χ3n) is 5.52. The third kappa shape index (κ3) is 4.96. The zero-order valence-corrected chi connectivity index (χ0v) is 19.4. The Morgan fingerprint density at radius 3 is 2.09 bits per heavy atom. The zero-order chi connectivity index (χ0) is 23.3. The Morgan fingerprint density at radius 1 is 0.938 bits per heavy atom. The molecule has 0 saturated carbocycles. The molecule has 7 nitrogen and oxygen atoms in total. The Morgan fingerprint density at radius 2 is 1.53 bits per heavy atom. The lowest BCUT2D eigenvalue weighted by Gasteiger charge is -2.24. The topological polar surface area (TPSA) is 93.7 Å². The van der Waals surface area contributed by atoms with Gasteiger partial charge in [0.1, 0.15) is 11.8 Å². The van der Waals surface area contributed by atoms with Gasteiger partial charge in [-0.1, -0.05) is 44.5 Å². The van der Waals surface area contributed by atoms with Gasteiger partial charge in [0.25, 0.3) is 10.0 Å². The van der Waals surface area contributed by atoms with E-state index in [-0.39, 0.29) is 16.8 Å². The van der Waals surface area contributed by atoms with Crippen molar-refractivity contribution in [2.75, 3.05) is 24.3 Å². The lowest BCUT2D eigenvalue weighted by molar-refractivity contribution is -0.142. The number of benzene rings is 3. The monoisotopic (exact) mass is 456 g/mol. The zero-order valence-electron chi connectivity index (χ0n) is 18.6. The molecule has 2 atom stereocenters. The van der Waals surface area contributed by atoms with E-state index in [0.29, 0.717) is 16.8 Å². The number of methoxy groups -OCH3 is 2. The van der Waals surface area contributed by atoms with Gasteiger partial charge in [-0.05, 0) is 42.3 Å². The van der Waals surface area contributed by atoms with Gasteiger partial charge in [-0.25, -0.2) is 13.2 Å². The van der Waals surface area contributed by atoms with Crippen molar-refractivity contribution in [2.45, 2.75) is 31.2 Å². The number of anilines is 2. The second-order valence-corrected chi connectivity index (χ2v) is 9.20. The smallest absolute Gasteiger partial charge is 0.328 e. The minimum atomic E-state index is -3.80. The minimum Gasteiger partial charge on any atom is -0.497 e. The largest absolute Gasteiger partial charge is 0.497 e. The molecule has 0 bridgehead atoms. The van der Waals surface area contributed by atoms with Crippen LogP contribution in [0.5, 0.6) is 5.75 Å². The lowest BCUT2D eigenvalue weighted by atomic mass is 9.98. The summed E-state index contributed by atoms with van der Waals surface area (Å²) >= 11 is 0. The minimum absolute atomic E-state index is 0.0504.